The molecule has 0 bridgehead atoms. The Bertz CT molecular complexity index is 892. The van der Waals surface area contributed by atoms with E-state index in [-0.39, 0.29) is 11.9 Å². The highest BCUT2D eigenvalue weighted by Gasteiger charge is 2.27. The largest absolute Gasteiger partial charge is 0.374 e. The van der Waals surface area contributed by atoms with Crippen LogP contribution in [-0.2, 0) is 16.0 Å². The van der Waals surface area contributed by atoms with Gasteiger partial charge in [0.05, 0.1) is 6.04 Å². The molecule has 0 aliphatic carbocycles. The SMILES string of the molecule is CN1CCN([C@@H](CNC(=O)C(=O)Nc2ccon2)c2ccc3c(c2)CCN3C)CC1. The number of rotatable bonds is 5. The Hall–Kier alpha value is -2.91. The summed E-state index contributed by atoms with van der Waals surface area (Å²) in [4.78, 5) is 31.4. The van der Waals surface area contributed by atoms with E-state index in [9.17, 15) is 9.59 Å². The smallest absolute Gasteiger partial charge is 0.314 e. The lowest BCUT2D eigenvalue weighted by Gasteiger charge is -2.38. The van der Waals surface area contributed by atoms with Crippen molar-refractivity contribution in [3.63, 3.8) is 0 Å². The summed E-state index contributed by atoms with van der Waals surface area (Å²) in [5.74, 6) is -1.22. The van der Waals surface area contributed by atoms with E-state index in [0.717, 1.165) is 39.1 Å². The van der Waals surface area contributed by atoms with Crippen LogP contribution in [0.4, 0.5) is 11.5 Å². The van der Waals surface area contributed by atoms with Gasteiger partial charge in [0.2, 0.25) is 0 Å². The van der Waals surface area contributed by atoms with Crippen LogP contribution >= 0.6 is 0 Å². The van der Waals surface area contributed by atoms with Gasteiger partial charge in [0.25, 0.3) is 0 Å². The molecule has 2 N–H and O–H groups in total. The Labute approximate surface area is 176 Å². The van der Waals surface area contributed by atoms with Crippen LogP contribution in [0.2, 0.25) is 0 Å². The molecular weight excluding hydrogens is 384 g/mol. The number of likely N-dealkylation sites (N-methyl/N-ethyl adjacent to an activating group) is 2. The van der Waals surface area contributed by atoms with E-state index in [2.05, 4.69) is 67.3 Å². The first-order valence-electron chi connectivity index (χ1n) is 10.3. The van der Waals surface area contributed by atoms with Crippen LogP contribution in [0.1, 0.15) is 17.2 Å². The third-order valence-corrected chi connectivity index (χ3v) is 5.94. The molecule has 1 aromatic heterocycles. The van der Waals surface area contributed by atoms with Gasteiger partial charge in [0.1, 0.15) is 6.26 Å². The lowest BCUT2D eigenvalue weighted by molar-refractivity contribution is -0.136. The number of amides is 2. The number of nitrogens with zero attached hydrogens (tertiary/aromatic N) is 4. The Morgan fingerprint density at radius 1 is 1.10 bits per heavy atom. The number of fused-ring (bicyclic) bond motifs is 1. The van der Waals surface area contributed by atoms with Crippen LogP contribution in [0, 0.1) is 0 Å². The zero-order chi connectivity index (χ0) is 21.1. The number of aromatic nitrogens is 1. The summed E-state index contributed by atoms with van der Waals surface area (Å²) < 4.78 is 4.67. The first kappa shape index (κ1) is 20.4. The summed E-state index contributed by atoms with van der Waals surface area (Å²) in [6, 6.07) is 8.06. The lowest BCUT2D eigenvalue weighted by atomic mass is 10.00. The maximum absolute atomic E-state index is 12.4. The molecule has 1 saturated heterocycles. The Morgan fingerprint density at radius 3 is 2.63 bits per heavy atom. The predicted molar refractivity (Wildman–Crippen MR) is 113 cm³/mol. The molecule has 2 aromatic rings. The van der Waals surface area contributed by atoms with Crippen molar-refractivity contribution in [3.8, 4) is 0 Å². The summed E-state index contributed by atoms with van der Waals surface area (Å²) in [6.45, 7) is 5.17. The molecule has 2 aliphatic heterocycles. The summed E-state index contributed by atoms with van der Waals surface area (Å²) in [5.41, 5.74) is 3.78. The van der Waals surface area contributed by atoms with Gasteiger partial charge in [-0.25, -0.2) is 0 Å². The standard InChI is InChI=1S/C21H28N6O3/c1-25-8-10-27(11-9-25)18(15-3-4-17-16(13-15)5-7-26(17)2)14-22-20(28)21(29)23-19-6-12-30-24-19/h3-4,6,12-13,18H,5,7-11,14H2,1-2H3,(H,22,28)(H,23,24,29)/t18-/m0/s1. The van der Waals surface area contributed by atoms with Crippen molar-refractivity contribution in [2.75, 3.05) is 63.6 Å². The van der Waals surface area contributed by atoms with Gasteiger partial charge >= 0.3 is 11.8 Å². The van der Waals surface area contributed by atoms with E-state index < -0.39 is 11.8 Å². The average Bonchev–Trinajstić information content (AvgIpc) is 3.39. The van der Waals surface area contributed by atoms with E-state index >= 15 is 0 Å². The summed E-state index contributed by atoms with van der Waals surface area (Å²) >= 11 is 0. The van der Waals surface area contributed by atoms with Gasteiger partial charge in [-0.05, 0) is 30.7 Å². The summed E-state index contributed by atoms with van der Waals surface area (Å²) in [5, 5.41) is 8.83. The van der Waals surface area contributed by atoms with Crippen LogP contribution in [0.3, 0.4) is 0 Å². The van der Waals surface area contributed by atoms with Crippen LogP contribution in [0.25, 0.3) is 0 Å². The molecule has 0 unspecified atom stereocenters. The molecule has 9 nitrogen and oxygen atoms in total. The van der Waals surface area contributed by atoms with Gasteiger partial charge in [-0.3, -0.25) is 19.8 Å². The summed E-state index contributed by atoms with van der Waals surface area (Å²) in [6.07, 6.45) is 2.36. The fourth-order valence-electron chi connectivity index (χ4n) is 4.11. The lowest BCUT2D eigenvalue weighted by Crippen LogP contribution is -2.49. The molecule has 4 rings (SSSR count). The molecule has 9 heteroatoms. The van der Waals surface area contributed by atoms with Gasteiger partial charge < -0.3 is 19.6 Å². The maximum Gasteiger partial charge on any atom is 0.314 e. The maximum atomic E-state index is 12.4. The quantitative estimate of drug-likeness (QED) is 0.699. The highest BCUT2D eigenvalue weighted by atomic mass is 16.5. The fourth-order valence-corrected chi connectivity index (χ4v) is 4.11. The van der Waals surface area contributed by atoms with Crippen LogP contribution < -0.4 is 15.5 Å². The van der Waals surface area contributed by atoms with Crippen molar-refractivity contribution in [3.05, 3.63) is 41.7 Å². The minimum atomic E-state index is -0.753. The molecule has 2 amide bonds. The molecule has 1 atom stereocenters. The molecule has 1 fully saturated rings. The van der Waals surface area contributed by atoms with Crippen molar-refractivity contribution in [2.24, 2.45) is 0 Å². The highest BCUT2D eigenvalue weighted by molar-refractivity contribution is 6.39. The second-order valence-electron chi connectivity index (χ2n) is 7.96. The van der Waals surface area contributed by atoms with E-state index in [1.54, 1.807) is 0 Å². The van der Waals surface area contributed by atoms with Gasteiger partial charge in [-0.15, -0.1) is 0 Å². The predicted octanol–water partition coefficient (Wildman–Crippen LogP) is 0.710. The van der Waals surface area contributed by atoms with Crippen LogP contribution in [0.5, 0.6) is 0 Å². The molecule has 3 heterocycles. The molecule has 0 saturated carbocycles. The van der Waals surface area contributed by atoms with Crippen molar-refractivity contribution >= 4 is 23.3 Å². The minimum absolute atomic E-state index is 0.0127. The number of carbonyl (C=O) groups is 2. The number of anilines is 2. The number of carbonyl (C=O) groups excluding carboxylic acids is 2. The van der Waals surface area contributed by atoms with Crippen molar-refractivity contribution in [2.45, 2.75) is 12.5 Å². The molecule has 2 aliphatic rings. The number of nitrogens with one attached hydrogen (secondary N) is 2. The van der Waals surface area contributed by atoms with Crippen molar-refractivity contribution in [1.82, 2.24) is 20.3 Å². The van der Waals surface area contributed by atoms with Gasteiger partial charge in [0, 0.05) is 58.1 Å². The number of hydrogen-bond donors (Lipinski definition) is 2. The van der Waals surface area contributed by atoms with E-state index in [1.165, 1.54) is 29.1 Å². The third kappa shape index (κ3) is 4.47. The third-order valence-electron chi connectivity index (χ3n) is 5.94. The zero-order valence-corrected chi connectivity index (χ0v) is 17.4. The second kappa shape index (κ2) is 8.85. The van der Waals surface area contributed by atoms with Crippen molar-refractivity contribution in [1.29, 1.82) is 0 Å². The monoisotopic (exact) mass is 412 g/mol. The normalized spacial score (nSPS) is 18.1. The van der Waals surface area contributed by atoms with E-state index in [1.807, 2.05) is 0 Å². The molecule has 1 aromatic carbocycles. The van der Waals surface area contributed by atoms with E-state index in [4.69, 9.17) is 0 Å². The van der Waals surface area contributed by atoms with Gasteiger partial charge in [-0.1, -0.05) is 17.3 Å². The molecule has 30 heavy (non-hydrogen) atoms. The number of benzene rings is 1. The molecule has 0 radical (unpaired) electrons. The average molecular weight is 412 g/mol. The summed E-state index contributed by atoms with van der Waals surface area (Å²) in [7, 11) is 4.23. The van der Waals surface area contributed by atoms with Gasteiger partial charge in [-0.2, -0.15) is 0 Å². The molecular formula is C21H28N6O3. The first-order valence-corrected chi connectivity index (χ1v) is 10.3. The molecule has 160 valence electrons. The van der Waals surface area contributed by atoms with E-state index in [0.29, 0.717) is 6.54 Å². The Balaban J connectivity index is 1.46. The Kier molecular flexibility index (Phi) is 6.01. The minimum Gasteiger partial charge on any atom is -0.374 e. The fraction of sp³-hybridized carbons (Fsp3) is 0.476. The van der Waals surface area contributed by atoms with Crippen LogP contribution in [0.15, 0.2) is 35.1 Å². The van der Waals surface area contributed by atoms with Gasteiger partial charge in [0.15, 0.2) is 5.82 Å². The number of piperazine rings is 1. The highest BCUT2D eigenvalue weighted by Crippen LogP contribution is 2.31. The number of hydrogen-bond acceptors (Lipinski definition) is 7. The Morgan fingerprint density at radius 2 is 1.90 bits per heavy atom. The van der Waals surface area contributed by atoms with Crippen molar-refractivity contribution < 1.29 is 14.1 Å². The first-order chi connectivity index (χ1) is 14.5. The molecule has 0 spiro atoms. The topological polar surface area (TPSA) is 93.9 Å². The second-order valence-corrected chi connectivity index (χ2v) is 7.96. The zero-order valence-electron chi connectivity index (χ0n) is 17.4. The van der Waals surface area contributed by atoms with Crippen LogP contribution in [-0.4, -0.2) is 80.1 Å².